The minimum Gasteiger partial charge on any atom is -0.325 e. The predicted octanol–water partition coefficient (Wildman–Crippen LogP) is 4.22. The maximum atomic E-state index is 12.5. The number of aryl methyl sites for hydroxylation is 2. The first-order chi connectivity index (χ1) is 12.5. The highest BCUT2D eigenvalue weighted by molar-refractivity contribution is 8.00. The molecule has 1 aromatic heterocycles. The number of nitrogens with zero attached hydrogens (tertiary/aromatic N) is 3. The van der Waals surface area contributed by atoms with E-state index in [-0.39, 0.29) is 11.2 Å². The molecule has 1 atom stereocenters. The minimum atomic E-state index is -0.290. The summed E-state index contributed by atoms with van der Waals surface area (Å²) in [6, 6.07) is 15.8. The van der Waals surface area contributed by atoms with Crippen LogP contribution in [0.4, 0.5) is 5.69 Å². The predicted molar refractivity (Wildman–Crippen MR) is 106 cm³/mol. The van der Waals surface area contributed by atoms with Crippen molar-refractivity contribution in [2.45, 2.75) is 31.2 Å². The average Bonchev–Trinajstić information content (AvgIpc) is 2.98. The van der Waals surface area contributed by atoms with Crippen LogP contribution in [0.25, 0.3) is 11.4 Å². The van der Waals surface area contributed by atoms with Gasteiger partial charge in [-0.05, 0) is 38.0 Å². The molecule has 2 aromatic carbocycles. The fraction of sp³-hybridized carbons (Fsp3) is 0.250. The SMILES string of the molecule is Cc1ccccc1NC(=O)C(C)Sc1nnc(-c2ccccc2C)n1C. The molecule has 0 spiro atoms. The zero-order valence-electron chi connectivity index (χ0n) is 15.4. The van der Waals surface area contributed by atoms with E-state index in [4.69, 9.17) is 0 Å². The first-order valence-electron chi connectivity index (χ1n) is 8.46. The third-order valence-electron chi connectivity index (χ3n) is 4.28. The number of carbonyl (C=O) groups is 1. The van der Waals surface area contributed by atoms with Crippen LogP contribution in [0.3, 0.4) is 0 Å². The number of thioether (sulfide) groups is 1. The second-order valence-electron chi connectivity index (χ2n) is 6.24. The van der Waals surface area contributed by atoms with Gasteiger partial charge in [0.15, 0.2) is 11.0 Å². The van der Waals surface area contributed by atoms with E-state index in [2.05, 4.69) is 28.5 Å². The van der Waals surface area contributed by atoms with Crippen LogP contribution in [0, 0.1) is 13.8 Å². The molecule has 1 amide bonds. The summed E-state index contributed by atoms with van der Waals surface area (Å²) in [5.74, 6) is 0.752. The summed E-state index contributed by atoms with van der Waals surface area (Å²) >= 11 is 1.40. The Labute approximate surface area is 157 Å². The summed E-state index contributed by atoms with van der Waals surface area (Å²) < 4.78 is 1.94. The van der Waals surface area contributed by atoms with Gasteiger partial charge in [0.05, 0.1) is 5.25 Å². The van der Waals surface area contributed by atoms with Gasteiger partial charge >= 0.3 is 0 Å². The van der Waals surface area contributed by atoms with Gasteiger partial charge in [-0.25, -0.2) is 0 Å². The topological polar surface area (TPSA) is 59.8 Å². The maximum absolute atomic E-state index is 12.5. The molecule has 0 radical (unpaired) electrons. The Morgan fingerprint density at radius 1 is 1.04 bits per heavy atom. The Kier molecular flexibility index (Phi) is 5.42. The molecule has 0 saturated heterocycles. The standard InChI is InChI=1S/C20H22N4OS/c1-13-9-5-7-11-16(13)18-22-23-20(24(18)4)26-15(3)19(25)21-17-12-8-6-10-14(17)2/h5-12,15H,1-4H3,(H,21,25). The summed E-state index contributed by atoms with van der Waals surface area (Å²) in [5.41, 5.74) is 4.07. The summed E-state index contributed by atoms with van der Waals surface area (Å²) in [6.07, 6.45) is 0. The lowest BCUT2D eigenvalue weighted by Gasteiger charge is -2.13. The largest absolute Gasteiger partial charge is 0.325 e. The van der Waals surface area contributed by atoms with Gasteiger partial charge in [-0.3, -0.25) is 4.79 Å². The van der Waals surface area contributed by atoms with Crippen molar-refractivity contribution in [3.8, 4) is 11.4 Å². The number of para-hydroxylation sites is 1. The van der Waals surface area contributed by atoms with E-state index in [0.717, 1.165) is 33.4 Å². The van der Waals surface area contributed by atoms with Crippen molar-refractivity contribution >= 4 is 23.4 Å². The second-order valence-corrected chi connectivity index (χ2v) is 7.55. The Hall–Kier alpha value is -2.60. The van der Waals surface area contributed by atoms with E-state index in [1.165, 1.54) is 11.8 Å². The molecule has 1 unspecified atom stereocenters. The maximum Gasteiger partial charge on any atom is 0.237 e. The van der Waals surface area contributed by atoms with E-state index in [0.29, 0.717) is 0 Å². The van der Waals surface area contributed by atoms with Gasteiger partial charge in [-0.15, -0.1) is 10.2 Å². The Morgan fingerprint density at radius 2 is 1.69 bits per heavy atom. The van der Waals surface area contributed by atoms with E-state index >= 15 is 0 Å². The Morgan fingerprint density at radius 3 is 2.38 bits per heavy atom. The summed E-state index contributed by atoms with van der Waals surface area (Å²) in [7, 11) is 1.93. The molecule has 26 heavy (non-hydrogen) atoms. The van der Waals surface area contributed by atoms with Crippen molar-refractivity contribution in [3.05, 3.63) is 59.7 Å². The fourth-order valence-corrected chi connectivity index (χ4v) is 3.45. The van der Waals surface area contributed by atoms with Crippen LogP contribution in [0.2, 0.25) is 0 Å². The van der Waals surface area contributed by atoms with Gasteiger partial charge in [-0.1, -0.05) is 54.2 Å². The molecule has 0 bridgehead atoms. The monoisotopic (exact) mass is 366 g/mol. The van der Waals surface area contributed by atoms with Crippen LogP contribution in [0.5, 0.6) is 0 Å². The van der Waals surface area contributed by atoms with Gasteiger partial charge in [-0.2, -0.15) is 0 Å². The van der Waals surface area contributed by atoms with Crippen LogP contribution in [0.15, 0.2) is 53.7 Å². The van der Waals surface area contributed by atoms with Crippen LogP contribution in [0.1, 0.15) is 18.1 Å². The molecule has 134 valence electrons. The normalized spacial score (nSPS) is 12.0. The minimum absolute atomic E-state index is 0.0512. The number of anilines is 1. The highest BCUT2D eigenvalue weighted by Gasteiger charge is 2.20. The van der Waals surface area contributed by atoms with Crippen molar-refractivity contribution in [1.82, 2.24) is 14.8 Å². The molecule has 1 N–H and O–H groups in total. The van der Waals surface area contributed by atoms with Crippen molar-refractivity contribution in [3.63, 3.8) is 0 Å². The van der Waals surface area contributed by atoms with Crippen LogP contribution >= 0.6 is 11.8 Å². The van der Waals surface area contributed by atoms with E-state index in [1.807, 2.05) is 67.9 Å². The van der Waals surface area contributed by atoms with Gasteiger partial charge in [0, 0.05) is 18.3 Å². The Balaban J connectivity index is 1.74. The van der Waals surface area contributed by atoms with E-state index in [9.17, 15) is 4.79 Å². The molecular weight excluding hydrogens is 344 g/mol. The molecule has 0 aliphatic rings. The molecule has 0 fully saturated rings. The zero-order chi connectivity index (χ0) is 18.7. The van der Waals surface area contributed by atoms with Gasteiger partial charge in [0.25, 0.3) is 0 Å². The Bertz CT molecular complexity index is 935. The molecule has 3 rings (SSSR count). The lowest BCUT2D eigenvalue weighted by Crippen LogP contribution is -2.23. The molecule has 0 aliphatic carbocycles. The third-order valence-corrected chi connectivity index (χ3v) is 5.41. The van der Waals surface area contributed by atoms with Gasteiger partial charge in [0.1, 0.15) is 0 Å². The van der Waals surface area contributed by atoms with Gasteiger partial charge in [0.2, 0.25) is 5.91 Å². The quantitative estimate of drug-likeness (QED) is 0.687. The smallest absolute Gasteiger partial charge is 0.237 e. The number of hydrogen-bond donors (Lipinski definition) is 1. The number of carbonyl (C=O) groups excluding carboxylic acids is 1. The van der Waals surface area contributed by atoms with E-state index in [1.54, 1.807) is 0 Å². The van der Waals surface area contributed by atoms with Crippen molar-refractivity contribution in [2.24, 2.45) is 7.05 Å². The van der Waals surface area contributed by atoms with Gasteiger partial charge < -0.3 is 9.88 Å². The molecule has 0 saturated carbocycles. The van der Waals surface area contributed by atoms with Crippen LogP contribution < -0.4 is 5.32 Å². The number of rotatable bonds is 5. The first kappa shape index (κ1) is 18.2. The molecular formula is C20H22N4OS. The van der Waals surface area contributed by atoms with Crippen molar-refractivity contribution in [1.29, 1.82) is 0 Å². The summed E-state index contributed by atoms with van der Waals surface area (Å²) in [6.45, 7) is 5.90. The lowest BCUT2D eigenvalue weighted by molar-refractivity contribution is -0.115. The van der Waals surface area contributed by atoms with Crippen LogP contribution in [-0.2, 0) is 11.8 Å². The highest BCUT2D eigenvalue weighted by atomic mass is 32.2. The average molecular weight is 366 g/mol. The third kappa shape index (κ3) is 3.80. The second kappa shape index (κ2) is 7.74. The first-order valence-corrected chi connectivity index (χ1v) is 9.34. The number of aromatic nitrogens is 3. The molecule has 0 aliphatic heterocycles. The summed E-state index contributed by atoms with van der Waals surface area (Å²) in [5, 5.41) is 12.0. The van der Waals surface area contributed by atoms with Crippen LogP contribution in [-0.4, -0.2) is 25.9 Å². The molecule has 5 nitrogen and oxygen atoms in total. The number of benzene rings is 2. The zero-order valence-corrected chi connectivity index (χ0v) is 16.2. The fourth-order valence-electron chi connectivity index (χ4n) is 2.63. The van der Waals surface area contributed by atoms with E-state index < -0.39 is 0 Å². The number of nitrogens with one attached hydrogen (secondary N) is 1. The molecule has 3 aromatic rings. The molecule has 6 heteroatoms. The number of hydrogen-bond acceptors (Lipinski definition) is 4. The summed E-state index contributed by atoms with van der Waals surface area (Å²) in [4.78, 5) is 12.5. The van der Waals surface area contributed by atoms with Crippen molar-refractivity contribution < 1.29 is 4.79 Å². The molecule has 1 heterocycles. The highest BCUT2D eigenvalue weighted by Crippen LogP contribution is 2.28. The number of amides is 1. The lowest BCUT2D eigenvalue weighted by atomic mass is 10.1. The van der Waals surface area contributed by atoms with Crippen molar-refractivity contribution in [2.75, 3.05) is 5.32 Å².